The number of likely N-dealkylation sites (tertiary alicyclic amines) is 1. The van der Waals surface area contributed by atoms with Gasteiger partial charge < -0.3 is 15.0 Å². The molecular formula is C21H35IN4O3S. The van der Waals surface area contributed by atoms with Gasteiger partial charge in [0.25, 0.3) is 0 Å². The van der Waals surface area contributed by atoms with Crippen LogP contribution in [0.25, 0.3) is 0 Å². The lowest BCUT2D eigenvalue weighted by Gasteiger charge is -2.34. The Morgan fingerprint density at radius 3 is 2.43 bits per heavy atom. The zero-order valence-corrected chi connectivity index (χ0v) is 21.2. The van der Waals surface area contributed by atoms with Crippen molar-refractivity contribution in [2.24, 2.45) is 4.99 Å². The van der Waals surface area contributed by atoms with E-state index in [2.05, 4.69) is 15.2 Å². The summed E-state index contributed by atoms with van der Waals surface area (Å²) in [6, 6.07) is 7.30. The summed E-state index contributed by atoms with van der Waals surface area (Å²) in [6.45, 7) is 6.21. The first-order valence-corrected chi connectivity index (χ1v) is 12.2. The van der Waals surface area contributed by atoms with Crippen molar-refractivity contribution in [2.75, 3.05) is 39.8 Å². The molecule has 2 heterocycles. The summed E-state index contributed by atoms with van der Waals surface area (Å²) in [5.74, 6) is 0.810. The fraction of sp³-hybridized carbons (Fsp3) is 0.667. The number of hydrogen-bond acceptors (Lipinski definition) is 4. The van der Waals surface area contributed by atoms with Crippen molar-refractivity contribution in [2.45, 2.75) is 56.6 Å². The molecule has 0 unspecified atom stereocenters. The molecule has 0 aliphatic carbocycles. The quantitative estimate of drug-likeness (QED) is 0.335. The molecule has 0 bridgehead atoms. The Morgan fingerprint density at radius 2 is 1.80 bits per heavy atom. The highest BCUT2D eigenvalue weighted by atomic mass is 127. The standard InChI is InChI=1S/C21H34N4O3S.HI/c1-3-28-19-11-15-24(16-12-19)21(22-2)23-17-18-9-5-6-10-20(18)29(26,27)25-13-7-4-8-14-25;/h5-6,9-10,19H,3-4,7-8,11-17H2,1-2H3,(H,22,23);1H. The van der Waals surface area contributed by atoms with Crippen molar-refractivity contribution in [3.05, 3.63) is 29.8 Å². The van der Waals surface area contributed by atoms with Gasteiger partial charge in [0.2, 0.25) is 10.0 Å². The Labute approximate surface area is 198 Å². The lowest BCUT2D eigenvalue weighted by molar-refractivity contribution is 0.0263. The Morgan fingerprint density at radius 1 is 1.13 bits per heavy atom. The van der Waals surface area contributed by atoms with Crippen LogP contribution in [0.2, 0.25) is 0 Å². The van der Waals surface area contributed by atoms with Crippen molar-refractivity contribution in [3.8, 4) is 0 Å². The minimum Gasteiger partial charge on any atom is -0.378 e. The molecule has 1 aromatic carbocycles. The van der Waals surface area contributed by atoms with Crippen LogP contribution in [-0.2, 0) is 21.3 Å². The lowest BCUT2D eigenvalue weighted by atomic mass is 10.1. The number of hydrogen-bond donors (Lipinski definition) is 1. The fourth-order valence-electron chi connectivity index (χ4n) is 4.12. The van der Waals surface area contributed by atoms with Gasteiger partial charge in [0, 0.05) is 46.4 Å². The van der Waals surface area contributed by atoms with Crippen molar-refractivity contribution in [1.82, 2.24) is 14.5 Å². The number of guanidine groups is 1. The van der Waals surface area contributed by atoms with Crippen LogP contribution in [0.3, 0.4) is 0 Å². The van der Waals surface area contributed by atoms with E-state index < -0.39 is 10.0 Å². The number of aliphatic imine (C=N–C) groups is 1. The Hall–Kier alpha value is -0.910. The van der Waals surface area contributed by atoms with Crippen LogP contribution in [0.15, 0.2) is 34.2 Å². The average molecular weight is 551 g/mol. The summed E-state index contributed by atoms with van der Waals surface area (Å²) in [5.41, 5.74) is 0.781. The third-order valence-corrected chi connectivity index (χ3v) is 7.70. The molecule has 0 amide bonds. The van der Waals surface area contributed by atoms with Crippen LogP contribution in [0.1, 0.15) is 44.6 Å². The van der Waals surface area contributed by atoms with Gasteiger partial charge in [0.05, 0.1) is 11.0 Å². The van der Waals surface area contributed by atoms with Gasteiger partial charge in [0.15, 0.2) is 5.96 Å². The molecule has 170 valence electrons. The molecule has 9 heteroatoms. The van der Waals surface area contributed by atoms with Crippen LogP contribution in [0, 0.1) is 0 Å². The predicted molar refractivity (Wildman–Crippen MR) is 131 cm³/mol. The first-order chi connectivity index (χ1) is 14.1. The van der Waals surface area contributed by atoms with Crippen LogP contribution < -0.4 is 5.32 Å². The van der Waals surface area contributed by atoms with E-state index in [0.717, 1.165) is 63.3 Å². The van der Waals surface area contributed by atoms with Gasteiger partial charge in [-0.25, -0.2) is 8.42 Å². The third-order valence-electron chi connectivity index (χ3n) is 5.70. The second-order valence-electron chi connectivity index (χ2n) is 7.61. The summed E-state index contributed by atoms with van der Waals surface area (Å²) < 4.78 is 33.7. The molecule has 0 radical (unpaired) electrons. The maximum atomic E-state index is 13.2. The van der Waals surface area contributed by atoms with E-state index in [1.807, 2.05) is 19.1 Å². The van der Waals surface area contributed by atoms with Gasteiger partial charge in [-0.15, -0.1) is 24.0 Å². The van der Waals surface area contributed by atoms with Crippen LogP contribution in [0.5, 0.6) is 0 Å². The first-order valence-electron chi connectivity index (χ1n) is 10.7. The Balaban J connectivity index is 0.00000320. The minimum atomic E-state index is -3.46. The summed E-state index contributed by atoms with van der Waals surface area (Å²) >= 11 is 0. The number of nitrogens with one attached hydrogen (secondary N) is 1. The van der Waals surface area contributed by atoms with Gasteiger partial charge in [-0.05, 0) is 44.2 Å². The largest absolute Gasteiger partial charge is 0.378 e. The van der Waals surface area contributed by atoms with Gasteiger partial charge in [-0.1, -0.05) is 24.6 Å². The van der Waals surface area contributed by atoms with Crippen LogP contribution >= 0.6 is 24.0 Å². The summed E-state index contributed by atoms with van der Waals surface area (Å²) in [6.07, 6.45) is 5.26. The Kier molecular flexibility index (Phi) is 10.3. The smallest absolute Gasteiger partial charge is 0.243 e. The minimum absolute atomic E-state index is 0. The maximum absolute atomic E-state index is 13.2. The molecular weight excluding hydrogens is 515 g/mol. The van der Waals surface area contributed by atoms with E-state index in [4.69, 9.17) is 4.74 Å². The molecule has 1 N–H and O–H groups in total. The predicted octanol–water partition coefficient (Wildman–Crippen LogP) is 3.06. The number of nitrogens with zero attached hydrogens (tertiary/aromatic N) is 3. The van der Waals surface area contributed by atoms with Gasteiger partial charge >= 0.3 is 0 Å². The molecule has 0 aromatic heterocycles. The van der Waals surface area contributed by atoms with Crippen molar-refractivity contribution < 1.29 is 13.2 Å². The van der Waals surface area contributed by atoms with Crippen molar-refractivity contribution in [1.29, 1.82) is 0 Å². The monoisotopic (exact) mass is 550 g/mol. The van der Waals surface area contributed by atoms with Crippen molar-refractivity contribution >= 4 is 40.0 Å². The normalized spacial score (nSPS) is 19.4. The van der Waals surface area contributed by atoms with Gasteiger partial charge in [-0.2, -0.15) is 4.31 Å². The van der Waals surface area contributed by atoms with E-state index in [1.165, 1.54) is 0 Å². The molecule has 2 aliphatic heterocycles. The van der Waals surface area contributed by atoms with E-state index in [9.17, 15) is 8.42 Å². The van der Waals surface area contributed by atoms with E-state index in [0.29, 0.717) is 30.6 Å². The second kappa shape index (κ2) is 12.2. The van der Waals surface area contributed by atoms with E-state index in [-0.39, 0.29) is 24.0 Å². The van der Waals surface area contributed by atoms with Crippen LogP contribution in [-0.4, -0.2) is 69.5 Å². The van der Waals surface area contributed by atoms with E-state index in [1.54, 1.807) is 23.5 Å². The van der Waals surface area contributed by atoms with E-state index >= 15 is 0 Å². The number of ether oxygens (including phenoxy) is 1. The topological polar surface area (TPSA) is 74.2 Å². The third kappa shape index (κ3) is 6.30. The van der Waals surface area contributed by atoms with Crippen molar-refractivity contribution in [3.63, 3.8) is 0 Å². The average Bonchev–Trinajstić information content (AvgIpc) is 2.76. The highest BCUT2D eigenvalue weighted by molar-refractivity contribution is 14.0. The zero-order chi connectivity index (χ0) is 20.7. The molecule has 2 aliphatic rings. The fourth-order valence-corrected chi connectivity index (χ4v) is 5.86. The molecule has 30 heavy (non-hydrogen) atoms. The molecule has 0 spiro atoms. The molecule has 7 nitrogen and oxygen atoms in total. The molecule has 2 fully saturated rings. The zero-order valence-electron chi connectivity index (χ0n) is 18.0. The summed E-state index contributed by atoms with van der Waals surface area (Å²) in [7, 11) is -1.69. The molecule has 0 saturated carbocycles. The SMILES string of the molecule is CCOC1CCN(C(=NC)NCc2ccccc2S(=O)(=O)N2CCCCC2)CC1.I. The second-order valence-corrected chi connectivity index (χ2v) is 9.52. The summed E-state index contributed by atoms with van der Waals surface area (Å²) in [4.78, 5) is 7.03. The lowest BCUT2D eigenvalue weighted by Crippen LogP contribution is -2.46. The number of sulfonamides is 1. The Bertz CT molecular complexity index is 789. The molecule has 1 aromatic rings. The highest BCUT2D eigenvalue weighted by Gasteiger charge is 2.28. The molecule has 0 atom stereocenters. The highest BCUT2D eigenvalue weighted by Crippen LogP contribution is 2.23. The number of rotatable bonds is 6. The maximum Gasteiger partial charge on any atom is 0.243 e. The first kappa shape index (κ1) is 25.4. The summed E-state index contributed by atoms with van der Waals surface area (Å²) in [5, 5.41) is 3.37. The van der Waals surface area contributed by atoms with Crippen LogP contribution in [0.4, 0.5) is 0 Å². The van der Waals surface area contributed by atoms with Gasteiger partial charge in [0.1, 0.15) is 0 Å². The van der Waals surface area contributed by atoms with Gasteiger partial charge in [-0.3, -0.25) is 4.99 Å². The molecule has 2 saturated heterocycles. The number of benzene rings is 1. The number of halogens is 1. The molecule has 3 rings (SSSR count). The number of piperidine rings is 2.